The Hall–Kier alpha value is -3.73. The summed E-state index contributed by atoms with van der Waals surface area (Å²) in [6.45, 7) is 2.94. The third kappa shape index (κ3) is 4.42. The van der Waals surface area contributed by atoms with Gasteiger partial charge >= 0.3 is 5.97 Å². The number of aryl methyl sites for hydroxylation is 1. The van der Waals surface area contributed by atoms with Gasteiger partial charge in [0.15, 0.2) is 6.10 Å². The van der Waals surface area contributed by atoms with Crippen molar-refractivity contribution in [3.8, 4) is 6.07 Å². The molecule has 0 aliphatic carbocycles. The molecule has 0 aliphatic rings. The minimum absolute atomic E-state index is 0.0136. The highest BCUT2D eigenvalue weighted by molar-refractivity contribution is 5.97. The second-order valence-corrected chi connectivity index (χ2v) is 5.48. The van der Waals surface area contributed by atoms with Gasteiger partial charge in [0.25, 0.3) is 11.6 Å². The number of nitrogens with zero attached hydrogens (tertiary/aromatic N) is 2. The van der Waals surface area contributed by atoms with Crippen LogP contribution in [0.25, 0.3) is 0 Å². The zero-order valence-electron chi connectivity index (χ0n) is 14.1. The Kier molecular flexibility index (Phi) is 5.65. The van der Waals surface area contributed by atoms with Gasteiger partial charge in [0.2, 0.25) is 0 Å². The summed E-state index contributed by atoms with van der Waals surface area (Å²) in [7, 11) is 0. The van der Waals surface area contributed by atoms with Crippen molar-refractivity contribution < 1.29 is 19.2 Å². The molecule has 0 spiro atoms. The van der Waals surface area contributed by atoms with Gasteiger partial charge in [0.05, 0.1) is 22.1 Å². The Morgan fingerprint density at radius 1 is 1.23 bits per heavy atom. The summed E-state index contributed by atoms with van der Waals surface area (Å²) in [5.74, 6) is -1.40. The molecule has 8 nitrogen and oxygen atoms in total. The lowest BCUT2D eigenvalue weighted by Crippen LogP contribution is -2.30. The number of nitro benzene ring substituents is 1. The second-order valence-electron chi connectivity index (χ2n) is 5.48. The first-order valence-electron chi connectivity index (χ1n) is 7.59. The van der Waals surface area contributed by atoms with E-state index in [2.05, 4.69) is 5.32 Å². The van der Waals surface area contributed by atoms with E-state index in [1.807, 2.05) is 6.07 Å². The summed E-state index contributed by atoms with van der Waals surface area (Å²) >= 11 is 0. The topological polar surface area (TPSA) is 122 Å². The highest BCUT2D eigenvalue weighted by Gasteiger charge is 2.21. The minimum Gasteiger partial charge on any atom is -0.449 e. The summed E-state index contributed by atoms with van der Waals surface area (Å²) in [5, 5.41) is 22.2. The van der Waals surface area contributed by atoms with Gasteiger partial charge in [0, 0.05) is 17.3 Å². The fourth-order valence-corrected chi connectivity index (χ4v) is 2.09. The van der Waals surface area contributed by atoms with Crippen LogP contribution in [0.15, 0.2) is 42.5 Å². The largest absolute Gasteiger partial charge is 0.449 e. The van der Waals surface area contributed by atoms with Gasteiger partial charge < -0.3 is 10.1 Å². The molecule has 0 fully saturated rings. The van der Waals surface area contributed by atoms with Gasteiger partial charge in [-0.15, -0.1) is 0 Å². The highest BCUT2D eigenvalue weighted by Crippen LogP contribution is 2.20. The van der Waals surface area contributed by atoms with Crippen LogP contribution in [0, 0.1) is 28.4 Å². The second kappa shape index (κ2) is 7.90. The molecule has 0 aliphatic heterocycles. The van der Waals surface area contributed by atoms with Crippen molar-refractivity contribution in [2.75, 3.05) is 5.32 Å². The SMILES string of the molecule is Cc1ccc(C(=O)O[C@@H](C)C(=O)Nc2ccc(C#N)cc2)cc1[N+](=O)[O-]. The third-order valence-corrected chi connectivity index (χ3v) is 3.58. The van der Waals surface area contributed by atoms with E-state index >= 15 is 0 Å². The summed E-state index contributed by atoms with van der Waals surface area (Å²) in [6.07, 6.45) is -1.11. The molecule has 0 radical (unpaired) electrons. The lowest BCUT2D eigenvalue weighted by molar-refractivity contribution is -0.385. The van der Waals surface area contributed by atoms with E-state index in [0.717, 1.165) is 6.07 Å². The average Bonchev–Trinajstić information content (AvgIpc) is 2.62. The summed E-state index contributed by atoms with van der Waals surface area (Å²) < 4.78 is 5.06. The summed E-state index contributed by atoms with van der Waals surface area (Å²) in [5.41, 5.74) is 1.10. The highest BCUT2D eigenvalue weighted by atomic mass is 16.6. The number of hydrogen-bond donors (Lipinski definition) is 1. The van der Waals surface area contributed by atoms with Crippen LogP contribution in [0.2, 0.25) is 0 Å². The van der Waals surface area contributed by atoms with Gasteiger partial charge in [-0.1, -0.05) is 6.07 Å². The van der Waals surface area contributed by atoms with Crippen LogP contribution < -0.4 is 5.32 Å². The molecule has 0 aromatic heterocycles. The molecule has 0 saturated heterocycles. The number of ether oxygens (including phenoxy) is 1. The third-order valence-electron chi connectivity index (χ3n) is 3.58. The monoisotopic (exact) mass is 353 g/mol. The van der Waals surface area contributed by atoms with Crippen LogP contribution in [0.3, 0.4) is 0 Å². The van der Waals surface area contributed by atoms with Crippen LogP contribution >= 0.6 is 0 Å². The maximum absolute atomic E-state index is 12.1. The normalized spacial score (nSPS) is 11.1. The molecule has 132 valence electrons. The van der Waals surface area contributed by atoms with E-state index in [0.29, 0.717) is 16.8 Å². The van der Waals surface area contributed by atoms with E-state index < -0.39 is 22.9 Å². The Bertz CT molecular complexity index is 900. The summed E-state index contributed by atoms with van der Waals surface area (Å²) in [6, 6.07) is 12.1. The number of anilines is 1. The van der Waals surface area contributed by atoms with Crippen LogP contribution in [-0.2, 0) is 9.53 Å². The maximum Gasteiger partial charge on any atom is 0.339 e. The van der Waals surface area contributed by atoms with Crippen molar-refractivity contribution >= 4 is 23.3 Å². The Morgan fingerprint density at radius 3 is 2.46 bits per heavy atom. The Morgan fingerprint density at radius 2 is 1.88 bits per heavy atom. The van der Waals surface area contributed by atoms with Crippen molar-refractivity contribution in [3.63, 3.8) is 0 Å². The van der Waals surface area contributed by atoms with Gasteiger partial charge in [-0.05, 0) is 44.2 Å². The van der Waals surface area contributed by atoms with E-state index in [-0.39, 0.29) is 11.3 Å². The Balaban J connectivity index is 2.03. The number of carbonyl (C=O) groups is 2. The Labute approximate surface area is 149 Å². The van der Waals surface area contributed by atoms with Crippen LogP contribution in [0.4, 0.5) is 11.4 Å². The number of hydrogen-bond acceptors (Lipinski definition) is 6. The lowest BCUT2D eigenvalue weighted by Gasteiger charge is -2.13. The number of carbonyl (C=O) groups excluding carboxylic acids is 2. The van der Waals surface area contributed by atoms with Crippen molar-refractivity contribution in [3.05, 3.63) is 69.3 Å². The number of nitriles is 1. The van der Waals surface area contributed by atoms with Crippen LogP contribution in [0.1, 0.15) is 28.4 Å². The van der Waals surface area contributed by atoms with Crippen molar-refractivity contribution in [2.45, 2.75) is 20.0 Å². The van der Waals surface area contributed by atoms with Crippen LogP contribution in [-0.4, -0.2) is 22.9 Å². The first-order chi connectivity index (χ1) is 12.3. The molecule has 0 saturated carbocycles. The zero-order chi connectivity index (χ0) is 19.3. The van der Waals surface area contributed by atoms with Gasteiger partial charge in [0.1, 0.15) is 0 Å². The molecule has 0 bridgehead atoms. The molecular weight excluding hydrogens is 338 g/mol. The standard InChI is InChI=1S/C18H15N3O5/c1-11-3-6-14(9-16(11)21(24)25)18(23)26-12(2)17(22)20-15-7-4-13(10-19)5-8-15/h3-9,12H,1-2H3,(H,20,22)/t12-/m0/s1. The van der Waals surface area contributed by atoms with E-state index in [1.165, 1.54) is 31.2 Å². The molecule has 0 unspecified atom stereocenters. The van der Waals surface area contributed by atoms with Crippen molar-refractivity contribution in [2.24, 2.45) is 0 Å². The number of esters is 1. The lowest BCUT2D eigenvalue weighted by atomic mass is 10.1. The van der Waals surface area contributed by atoms with E-state index in [4.69, 9.17) is 10.00 Å². The number of benzene rings is 2. The first-order valence-corrected chi connectivity index (χ1v) is 7.59. The molecular formula is C18H15N3O5. The van der Waals surface area contributed by atoms with Gasteiger partial charge in [-0.25, -0.2) is 4.79 Å². The molecule has 1 atom stereocenters. The molecule has 2 aromatic rings. The quantitative estimate of drug-likeness (QED) is 0.501. The fraction of sp³-hybridized carbons (Fsp3) is 0.167. The smallest absolute Gasteiger partial charge is 0.339 e. The number of amides is 1. The molecule has 2 aromatic carbocycles. The number of nitrogens with one attached hydrogen (secondary N) is 1. The van der Waals surface area contributed by atoms with Gasteiger partial charge in [-0.3, -0.25) is 14.9 Å². The molecule has 2 rings (SSSR count). The molecule has 1 N–H and O–H groups in total. The average molecular weight is 353 g/mol. The first kappa shape index (κ1) is 18.6. The molecule has 0 heterocycles. The van der Waals surface area contributed by atoms with Crippen molar-refractivity contribution in [1.29, 1.82) is 5.26 Å². The fourth-order valence-electron chi connectivity index (χ4n) is 2.09. The predicted molar refractivity (Wildman–Crippen MR) is 92.5 cm³/mol. The molecule has 1 amide bonds. The van der Waals surface area contributed by atoms with Crippen LogP contribution in [0.5, 0.6) is 0 Å². The number of nitro groups is 1. The van der Waals surface area contributed by atoms with Crippen molar-refractivity contribution in [1.82, 2.24) is 0 Å². The van der Waals surface area contributed by atoms with E-state index in [1.54, 1.807) is 19.1 Å². The van der Waals surface area contributed by atoms with E-state index in [9.17, 15) is 19.7 Å². The summed E-state index contributed by atoms with van der Waals surface area (Å²) in [4.78, 5) is 34.6. The zero-order valence-corrected chi connectivity index (χ0v) is 14.1. The van der Waals surface area contributed by atoms with Gasteiger partial charge in [-0.2, -0.15) is 5.26 Å². The number of rotatable bonds is 5. The predicted octanol–water partition coefficient (Wildman–Crippen LogP) is 2.96. The minimum atomic E-state index is -1.11. The molecule has 26 heavy (non-hydrogen) atoms. The molecule has 8 heteroatoms. The maximum atomic E-state index is 12.1.